The first-order chi connectivity index (χ1) is 13.3. The molecule has 3 rings (SSSR count). The number of amides is 2. The second kappa shape index (κ2) is 8.04. The lowest BCUT2D eigenvalue weighted by Gasteiger charge is -2.14. The zero-order chi connectivity index (χ0) is 20.4. The van der Waals surface area contributed by atoms with Crippen LogP contribution in [0.1, 0.15) is 27.7 Å². The molecule has 2 amide bonds. The highest BCUT2D eigenvalue weighted by atomic mass is 35.5. The fourth-order valence-corrected chi connectivity index (χ4v) is 3.77. The van der Waals surface area contributed by atoms with Gasteiger partial charge in [0.1, 0.15) is 11.3 Å². The number of halogens is 1. The average Bonchev–Trinajstić information content (AvgIpc) is 3.13. The number of imide groups is 1. The first-order valence-corrected chi connectivity index (χ1v) is 9.57. The van der Waals surface area contributed by atoms with E-state index in [4.69, 9.17) is 16.3 Å². The molecule has 1 aromatic heterocycles. The molecule has 28 heavy (non-hydrogen) atoms. The molecule has 144 valence electrons. The SMILES string of the molecule is CCOC(=O)c1c(N=Nc2ccc(N3C(=O)C=CC3=O)cc2Cl)sc(C)c1C. The van der Waals surface area contributed by atoms with Gasteiger partial charge < -0.3 is 4.74 Å². The number of nitrogens with zero attached hydrogens (tertiary/aromatic N) is 3. The summed E-state index contributed by atoms with van der Waals surface area (Å²) >= 11 is 7.58. The van der Waals surface area contributed by atoms with E-state index in [2.05, 4.69) is 10.2 Å². The van der Waals surface area contributed by atoms with Gasteiger partial charge in [0.2, 0.25) is 0 Å². The van der Waals surface area contributed by atoms with Crippen LogP contribution in [0.2, 0.25) is 5.02 Å². The van der Waals surface area contributed by atoms with E-state index in [-0.39, 0.29) is 11.6 Å². The lowest BCUT2D eigenvalue weighted by atomic mass is 10.1. The molecule has 0 radical (unpaired) electrons. The Kier molecular flexibility index (Phi) is 5.71. The van der Waals surface area contributed by atoms with Gasteiger partial charge in [0.25, 0.3) is 11.8 Å². The molecule has 2 heterocycles. The Labute approximate surface area is 170 Å². The summed E-state index contributed by atoms with van der Waals surface area (Å²) in [6.45, 7) is 5.72. The number of azo groups is 1. The Bertz CT molecular complexity index is 1020. The number of carbonyl (C=O) groups excluding carboxylic acids is 3. The largest absolute Gasteiger partial charge is 0.462 e. The molecule has 2 aromatic rings. The number of benzene rings is 1. The quantitative estimate of drug-likeness (QED) is 0.387. The summed E-state index contributed by atoms with van der Waals surface area (Å²) in [6.07, 6.45) is 2.39. The van der Waals surface area contributed by atoms with Gasteiger partial charge in [0.15, 0.2) is 5.00 Å². The first-order valence-electron chi connectivity index (χ1n) is 8.38. The molecule has 7 nitrogen and oxygen atoms in total. The molecule has 0 bridgehead atoms. The topological polar surface area (TPSA) is 88.4 Å². The highest BCUT2D eigenvalue weighted by Crippen LogP contribution is 2.38. The maximum absolute atomic E-state index is 12.2. The van der Waals surface area contributed by atoms with E-state index in [0.29, 0.717) is 21.9 Å². The number of carbonyl (C=O) groups is 3. The molecule has 0 unspecified atom stereocenters. The van der Waals surface area contributed by atoms with Crippen LogP contribution in [0, 0.1) is 13.8 Å². The molecule has 1 aliphatic heterocycles. The molecule has 1 aliphatic rings. The summed E-state index contributed by atoms with van der Waals surface area (Å²) < 4.78 is 5.10. The standard InChI is InChI=1S/C19H16ClN3O4S/c1-4-27-19(26)17-10(2)11(3)28-18(17)22-21-14-6-5-12(9-13(14)20)23-15(24)7-8-16(23)25/h5-9H,4H2,1-3H3. The van der Waals surface area contributed by atoms with Crippen LogP contribution in [0.25, 0.3) is 0 Å². The molecule has 0 saturated carbocycles. The summed E-state index contributed by atoms with van der Waals surface area (Å²) in [7, 11) is 0. The molecular weight excluding hydrogens is 402 g/mol. The Morgan fingerprint density at radius 2 is 1.86 bits per heavy atom. The monoisotopic (exact) mass is 417 g/mol. The number of rotatable bonds is 5. The third-order valence-electron chi connectivity index (χ3n) is 4.09. The van der Waals surface area contributed by atoms with E-state index in [1.807, 2.05) is 13.8 Å². The lowest BCUT2D eigenvalue weighted by Crippen LogP contribution is -2.29. The highest BCUT2D eigenvalue weighted by Gasteiger charge is 2.25. The Hall–Kier alpha value is -2.84. The Morgan fingerprint density at radius 1 is 1.18 bits per heavy atom. The number of thiophene rings is 1. The highest BCUT2D eigenvalue weighted by molar-refractivity contribution is 7.16. The van der Waals surface area contributed by atoms with E-state index in [9.17, 15) is 14.4 Å². The second-order valence-corrected chi connectivity index (χ2v) is 7.48. The van der Waals surface area contributed by atoms with Crippen LogP contribution in [-0.2, 0) is 14.3 Å². The van der Waals surface area contributed by atoms with Gasteiger partial charge in [-0.1, -0.05) is 11.6 Å². The van der Waals surface area contributed by atoms with Gasteiger partial charge in [0.05, 0.1) is 17.3 Å². The number of ether oxygens (including phenoxy) is 1. The van der Waals surface area contributed by atoms with Crippen LogP contribution >= 0.6 is 22.9 Å². The second-order valence-electron chi connectivity index (χ2n) is 5.86. The summed E-state index contributed by atoms with van der Waals surface area (Å²) in [5, 5.41) is 8.96. The number of esters is 1. The maximum Gasteiger partial charge on any atom is 0.341 e. The maximum atomic E-state index is 12.2. The van der Waals surface area contributed by atoms with Crippen molar-refractivity contribution in [2.45, 2.75) is 20.8 Å². The molecule has 0 atom stereocenters. The number of hydrogen-bond acceptors (Lipinski definition) is 7. The van der Waals surface area contributed by atoms with Gasteiger partial charge in [-0.3, -0.25) is 9.59 Å². The summed E-state index contributed by atoms with van der Waals surface area (Å²) in [6, 6.07) is 4.58. The van der Waals surface area contributed by atoms with Crippen LogP contribution < -0.4 is 4.90 Å². The predicted molar refractivity (Wildman–Crippen MR) is 107 cm³/mol. The van der Waals surface area contributed by atoms with Crippen molar-refractivity contribution in [1.82, 2.24) is 0 Å². The molecule has 0 spiro atoms. The fraction of sp³-hybridized carbons (Fsp3) is 0.211. The van der Waals surface area contributed by atoms with Gasteiger partial charge in [-0.2, -0.15) is 0 Å². The van der Waals surface area contributed by atoms with Crippen molar-refractivity contribution >= 4 is 57.1 Å². The molecular formula is C19H16ClN3O4S. The average molecular weight is 418 g/mol. The van der Waals surface area contributed by atoms with Gasteiger partial charge in [-0.25, -0.2) is 9.69 Å². The van der Waals surface area contributed by atoms with E-state index in [1.54, 1.807) is 19.1 Å². The van der Waals surface area contributed by atoms with Crippen molar-refractivity contribution in [3.8, 4) is 0 Å². The zero-order valence-corrected chi connectivity index (χ0v) is 16.9. The Morgan fingerprint density at radius 3 is 2.46 bits per heavy atom. The summed E-state index contributed by atoms with van der Waals surface area (Å²) in [5.74, 6) is -1.31. The third-order valence-corrected chi connectivity index (χ3v) is 5.49. The van der Waals surface area contributed by atoms with E-state index >= 15 is 0 Å². The molecule has 1 aromatic carbocycles. The zero-order valence-electron chi connectivity index (χ0n) is 15.4. The molecule has 0 N–H and O–H groups in total. The molecule has 0 aliphatic carbocycles. The van der Waals surface area contributed by atoms with Crippen molar-refractivity contribution in [1.29, 1.82) is 0 Å². The minimum atomic E-state index is -0.446. The fourth-order valence-electron chi connectivity index (χ4n) is 2.59. The lowest BCUT2D eigenvalue weighted by molar-refractivity contribution is -0.119. The van der Waals surface area contributed by atoms with E-state index < -0.39 is 17.8 Å². The van der Waals surface area contributed by atoms with Crippen LogP contribution in [-0.4, -0.2) is 24.4 Å². The van der Waals surface area contributed by atoms with Crippen LogP contribution in [0.5, 0.6) is 0 Å². The van der Waals surface area contributed by atoms with Gasteiger partial charge in [0, 0.05) is 17.0 Å². The number of aryl methyl sites for hydroxylation is 1. The minimum Gasteiger partial charge on any atom is -0.462 e. The van der Waals surface area contributed by atoms with Gasteiger partial charge in [-0.05, 0) is 44.5 Å². The summed E-state index contributed by atoms with van der Waals surface area (Å²) in [5.41, 5.74) is 1.88. The van der Waals surface area contributed by atoms with Crippen molar-refractivity contribution in [3.63, 3.8) is 0 Å². The normalized spacial score (nSPS) is 13.8. The van der Waals surface area contributed by atoms with E-state index in [0.717, 1.165) is 15.3 Å². The number of anilines is 1. The van der Waals surface area contributed by atoms with Crippen molar-refractivity contribution in [2.75, 3.05) is 11.5 Å². The first kappa shape index (κ1) is 19.9. The predicted octanol–water partition coefficient (Wildman–Crippen LogP) is 5.04. The molecule has 0 saturated heterocycles. The number of hydrogen-bond donors (Lipinski definition) is 0. The van der Waals surface area contributed by atoms with E-state index in [1.165, 1.54) is 29.6 Å². The van der Waals surface area contributed by atoms with Crippen molar-refractivity contribution < 1.29 is 19.1 Å². The van der Waals surface area contributed by atoms with Crippen molar-refractivity contribution in [3.05, 3.63) is 51.4 Å². The third kappa shape index (κ3) is 3.74. The molecule has 0 fully saturated rings. The summed E-state index contributed by atoms with van der Waals surface area (Å²) in [4.78, 5) is 37.7. The van der Waals surface area contributed by atoms with Crippen LogP contribution in [0.4, 0.5) is 16.4 Å². The Balaban J connectivity index is 1.90. The van der Waals surface area contributed by atoms with Gasteiger partial charge >= 0.3 is 5.97 Å². The molecule has 9 heteroatoms. The smallest absolute Gasteiger partial charge is 0.341 e. The van der Waals surface area contributed by atoms with Gasteiger partial charge in [-0.15, -0.1) is 21.6 Å². The van der Waals surface area contributed by atoms with Crippen LogP contribution in [0.3, 0.4) is 0 Å². The van der Waals surface area contributed by atoms with Crippen molar-refractivity contribution in [2.24, 2.45) is 10.2 Å². The van der Waals surface area contributed by atoms with Crippen LogP contribution in [0.15, 0.2) is 40.6 Å². The minimum absolute atomic E-state index is 0.219.